The lowest BCUT2D eigenvalue weighted by atomic mass is 10.1. The first-order chi connectivity index (χ1) is 13.7. The molecular formula is C18H20FN5O5. The Kier molecular flexibility index (Phi) is 5.59. The van der Waals surface area contributed by atoms with Crippen LogP contribution in [0.3, 0.4) is 0 Å². The molecule has 0 aliphatic carbocycles. The number of carbonyl (C=O) groups is 2. The summed E-state index contributed by atoms with van der Waals surface area (Å²) in [4.78, 5) is 32.4. The summed E-state index contributed by atoms with van der Waals surface area (Å²) in [5.74, 6) is -1.74. The smallest absolute Gasteiger partial charge is 0.350 e. The maximum Gasteiger partial charge on any atom is 0.350 e. The second-order valence-electron chi connectivity index (χ2n) is 6.73. The lowest BCUT2D eigenvalue weighted by Crippen LogP contribution is -2.40. The first-order valence-electron chi connectivity index (χ1n) is 8.66. The van der Waals surface area contributed by atoms with Crippen LogP contribution in [0.2, 0.25) is 0 Å². The number of nitrogens with zero attached hydrogens (tertiary/aromatic N) is 5. The van der Waals surface area contributed by atoms with E-state index in [-0.39, 0.29) is 18.3 Å². The van der Waals surface area contributed by atoms with Gasteiger partial charge in [-0.2, -0.15) is 9.78 Å². The van der Waals surface area contributed by atoms with Gasteiger partial charge in [0.05, 0.1) is 0 Å². The van der Waals surface area contributed by atoms with Crippen LogP contribution in [0.25, 0.3) is 0 Å². The number of halogens is 1. The van der Waals surface area contributed by atoms with Gasteiger partial charge in [0.25, 0.3) is 0 Å². The average molecular weight is 405 g/mol. The molecular weight excluding hydrogens is 385 g/mol. The minimum absolute atomic E-state index is 0.0380. The van der Waals surface area contributed by atoms with Crippen molar-refractivity contribution < 1.29 is 28.2 Å². The van der Waals surface area contributed by atoms with Crippen molar-refractivity contribution in [2.24, 2.45) is 4.99 Å². The average Bonchev–Trinajstić information content (AvgIpc) is 3.31. The Morgan fingerprint density at radius 2 is 2.14 bits per heavy atom. The first kappa shape index (κ1) is 20.4. The second-order valence-corrected chi connectivity index (χ2v) is 6.73. The molecule has 11 heteroatoms. The van der Waals surface area contributed by atoms with Gasteiger partial charge < -0.3 is 19.1 Å². The van der Waals surface area contributed by atoms with E-state index in [1.165, 1.54) is 49.2 Å². The first-order valence-corrected chi connectivity index (χ1v) is 8.66. The van der Waals surface area contributed by atoms with Crippen LogP contribution in [0.4, 0.5) is 4.39 Å². The zero-order valence-electron chi connectivity index (χ0n) is 16.1. The van der Waals surface area contributed by atoms with Gasteiger partial charge in [-0.3, -0.25) is 4.79 Å². The third-order valence-electron chi connectivity index (χ3n) is 3.98. The predicted molar refractivity (Wildman–Crippen MR) is 97.6 cm³/mol. The standard InChI is InChI=1S/C18H20FN5O5/c1-11-22-16(24-10-20-9-21-24)14(19)7-23(11)15-6-5-13(28-15)8-27-17(26)18(3,4)29-12(2)25/h5-7,9-10,13,15H,1,8H2,2-4H3. The Bertz CT molecular complexity index is 906. The molecule has 0 amide bonds. The molecule has 2 aliphatic heterocycles. The van der Waals surface area contributed by atoms with E-state index in [1.807, 2.05) is 0 Å². The van der Waals surface area contributed by atoms with Crippen LogP contribution in [0.1, 0.15) is 20.8 Å². The van der Waals surface area contributed by atoms with Gasteiger partial charge in [0.1, 0.15) is 31.2 Å². The fourth-order valence-corrected chi connectivity index (χ4v) is 2.66. The molecule has 2 aliphatic rings. The number of aromatic nitrogens is 3. The molecule has 0 bridgehead atoms. The van der Waals surface area contributed by atoms with Gasteiger partial charge >= 0.3 is 11.9 Å². The van der Waals surface area contributed by atoms with E-state index in [9.17, 15) is 14.0 Å². The second kappa shape index (κ2) is 7.95. The van der Waals surface area contributed by atoms with Crippen molar-refractivity contribution in [1.29, 1.82) is 0 Å². The van der Waals surface area contributed by atoms with Crippen LogP contribution < -0.4 is 0 Å². The van der Waals surface area contributed by atoms with Crippen molar-refractivity contribution in [2.45, 2.75) is 38.7 Å². The summed E-state index contributed by atoms with van der Waals surface area (Å²) < 4.78 is 31.5. The Morgan fingerprint density at radius 1 is 1.38 bits per heavy atom. The minimum atomic E-state index is -1.41. The third kappa shape index (κ3) is 4.57. The molecule has 0 saturated carbocycles. The predicted octanol–water partition coefficient (Wildman–Crippen LogP) is 1.29. The van der Waals surface area contributed by atoms with E-state index in [4.69, 9.17) is 14.2 Å². The van der Waals surface area contributed by atoms with Crippen LogP contribution in [0.15, 0.2) is 54.2 Å². The summed E-state index contributed by atoms with van der Waals surface area (Å²) >= 11 is 0. The molecule has 3 rings (SSSR count). The van der Waals surface area contributed by atoms with Gasteiger partial charge in [0.2, 0.25) is 5.60 Å². The number of ether oxygens (including phenoxy) is 3. The number of hydrogen-bond donors (Lipinski definition) is 0. The van der Waals surface area contributed by atoms with E-state index in [2.05, 4.69) is 21.7 Å². The van der Waals surface area contributed by atoms with Crippen molar-refractivity contribution in [1.82, 2.24) is 19.7 Å². The van der Waals surface area contributed by atoms with E-state index < -0.39 is 35.7 Å². The highest BCUT2D eigenvalue weighted by atomic mass is 19.1. The fourth-order valence-electron chi connectivity index (χ4n) is 2.66. The van der Waals surface area contributed by atoms with Gasteiger partial charge in [-0.15, -0.1) is 0 Å². The van der Waals surface area contributed by atoms with Crippen LogP contribution >= 0.6 is 0 Å². The summed E-state index contributed by atoms with van der Waals surface area (Å²) in [6, 6.07) is 0. The number of rotatable bonds is 5. The molecule has 0 aromatic carbocycles. The van der Waals surface area contributed by atoms with Crippen LogP contribution in [-0.2, 0) is 23.8 Å². The zero-order chi connectivity index (χ0) is 21.2. The lowest BCUT2D eigenvalue weighted by Gasteiger charge is -2.29. The number of esters is 2. The maximum absolute atomic E-state index is 14.4. The summed E-state index contributed by atoms with van der Waals surface area (Å²) in [7, 11) is 0. The summed E-state index contributed by atoms with van der Waals surface area (Å²) in [6.45, 7) is 7.78. The van der Waals surface area contributed by atoms with Crippen molar-refractivity contribution >= 4 is 17.8 Å². The molecule has 10 nitrogen and oxygen atoms in total. The monoisotopic (exact) mass is 405 g/mol. The Morgan fingerprint density at radius 3 is 2.79 bits per heavy atom. The minimum Gasteiger partial charge on any atom is -0.460 e. The molecule has 0 fully saturated rings. The van der Waals surface area contributed by atoms with E-state index >= 15 is 0 Å². The quantitative estimate of drug-likeness (QED) is 0.533. The molecule has 0 spiro atoms. The summed E-state index contributed by atoms with van der Waals surface area (Å²) in [5.41, 5.74) is -1.41. The van der Waals surface area contributed by atoms with Crippen LogP contribution in [0.5, 0.6) is 0 Å². The largest absolute Gasteiger partial charge is 0.460 e. The Balaban J connectivity index is 1.57. The molecule has 3 heterocycles. The van der Waals surface area contributed by atoms with Crippen molar-refractivity contribution in [3.8, 4) is 0 Å². The fraction of sp³-hybridized carbons (Fsp3) is 0.389. The molecule has 0 N–H and O–H groups in total. The highest BCUT2D eigenvalue weighted by molar-refractivity contribution is 5.98. The number of carbonyl (C=O) groups excluding carboxylic acids is 2. The topological polar surface area (TPSA) is 108 Å². The van der Waals surface area contributed by atoms with E-state index in [1.54, 1.807) is 12.2 Å². The molecule has 2 unspecified atom stereocenters. The molecule has 1 aromatic rings. The van der Waals surface area contributed by atoms with Crippen molar-refractivity contribution in [3.63, 3.8) is 0 Å². The Labute approximate surface area is 166 Å². The number of hydrogen-bond acceptors (Lipinski definition) is 9. The van der Waals surface area contributed by atoms with E-state index in [0.717, 1.165) is 0 Å². The molecule has 2 atom stereocenters. The van der Waals surface area contributed by atoms with Gasteiger partial charge in [-0.05, 0) is 19.9 Å². The van der Waals surface area contributed by atoms with Crippen molar-refractivity contribution in [3.05, 3.63) is 49.2 Å². The van der Waals surface area contributed by atoms with Crippen molar-refractivity contribution in [2.75, 3.05) is 6.61 Å². The Hall–Kier alpha value is -3.34. The molecule has 0 radical (unpaired) electrons. The van der Waals surface area contributed by atoms with Gasteiger partial charge in [0, 0.05) is 13.1 Å². The van der Waals surface area contributed by atoms with Gasteiger partial charge in [0.15, 0.2) is 17.9 Å². The summed E-state index contributed by atoms with van der Waals surface area (Å²) in [6.07, 6.45) is 5.87. The SMILES string of the molecule is C=C1N=C(n2cncn2)C(F)=CN1C1C=CC(COC(=O)C(C)(C)OC(C)=O)O1. The van der Waals surface area contributed by atoms with Crippen LogP contribution in [0, 0.1) is 0 Å². The maximum atomic E-state index is 14.4. The lowest BCUT2D eigenvalue weighted by molar-refractivity contribution is -0.179. The third-order valence-corrected chi connectivity index (χ3v) is 3.98. The highest BCUT2D eigenvalue weighted by Crippen LogP contribution is 2.26. The molecule has 154 valence electrons. The van der Waals surface area contributed by atoms with Gasteiger partial charge in [-0.1, -0.05) is 12.7 Å². The highest BCUT2D eigenvalue weighted by Gasteiger charge is 2.35. The molecule has 0 saturated heterocycles. The molecule has 1 aromatic heterocycles. The molecule has 29 heavy (non-hydrogen) atoms. The van der Waals surface area contributed by atoms with Gasteiger partial charge in [-0.25, -0.2) is 19.2 Å². The van der Waals surface area contributed by atoms with E-state index in [0.29, 0.717) is 0 Å². The normalized spacial score (nSPS) is 21.7. The summed E-state index contributed by atoms with van der Waals surface area (Å²) in [5, 5.41) is 3.85. The van der Waals surface area contributed by atoms with Crippen LogP contribution in [-0.4, -0.2) is 62.0 Å². The number of aliphatic imine (C=N–C) groups is 1. The zero-order valence-corrected chi connectivity index (χ0v) is 16.1. The number of allylic oxidation sites excluding steroid dienone is 1.